The maximum atomic E-state index is 12.3. The van der Waals surface area contributed by atoms with Crippen LogP contribution in [0.3, 0.4) is 0 Å². The van der Waals surface area contributed by atoms with E-state index >= 15 is 0 Å². The molecule has 0 spiro atoms. The van der Waals surface area contributed by atoms with Gasteiger partial charge in [0.25, 0.3) is 0 Å². The Kier molecular flexibility index (Phi) is 4.91. The molecule has 7 nitrogen and oxygen atoms in total. The highest BCUT2D eigenvalue weighted by Crippen LogP contribution is 2.16. The predicted molar refractivity (Wildman–Crippen MR) is 73.1 cm³/mol. The lowest BCUT2D eigenvalue weighted by Gasteiger charge is -2.28. The van der Waals surface area contributed by atoms with Crippen molar-refractivity contribution in [2.75, 3.05) is 26.3 Å². The Morgan fingerprint density at radius 3 is 2.60 bits per heavy atom. The fourth-order valence-corrected chi connectivity index (χ4v) is 2.06. The molecule has 0 bridgehead atoms. The van der Waals surface area contributed by atoms with E-state index < -0.39 is 5.92 Å². The highest BCUT2D eigenvalue weighted by molar-refractivity contribution is 6.07. The van der Waals surface area contributed by atoms with Crippen molar-refractivity contribution in [1.29, 1.82) is 0 Å². The fraction of sp³-hybridized carbons (Fsp3) is 0.385. The summed E-state index contributed by atoms with van der Waals surface area (Å²) in [5, 5.41) is 13.6. The van der Waals surface area contributed by atoms with Gasteiger partial charge in [-0.3, -0.25) is 10.2 Å². The van der Waals surface area contributed by atoms with Crippen molar-refractivity contribution in [3.63, 3.8) is 0 Å². The average molecular weight is 278 g/mol. The molecule has 4 N–H and O–H groups in total. The minimum Gasteiger partial charge on any atom is -0.409 e. The van der Waals surface area contributed by atoms with Crippen LogP contribution in [-0.2, 0) is 9.53 Å². The number of hydrazine groups is 1. The van der Waals surface area contributed by atoms with Gasteiger partial charge in [0.15, 0.2) is 5.84 Å². The molecule has 1 atom stereocenters. The topological polar surface area (TPSA) is 100 Å². The summed E-state index contributed by atoms with van der Waals surface area (Å²) in [5.41, 5.74) is 9.10. The number of carbonyl (C=O) groups is 1. The third-order valence-electron chi connectivity index (χ3n) is 3.09. The van der Waals surface area contributed by atoms with Crippen molar-refractivity contribution >= 4 is 11.7 Å². The summed E-state index contributed by atoms with van der Waals surface area (Å²) in [4.78, 5) is 12.3. The van der Waals surface area contributed by atoms with Crippen LogP contribution in [0.4, 0.5) is 0 Å². The number of nitrogens with two attached hydrogens (primary N) is 1. The van der Waals surface area contributed by atoms with Crippen LogP contribution >= 0.6 is 0 Å². The number of oxime groups is 1. The summed E-state index contributed by atoms with van der Waals surface area (Å²) in [6.07, 6.45) is 0. The van der Waals surface area contributed by atoms with Crippen molar-refractivity contribution in [2.45, 2.75) is 5.92 Å². The molecule has 1 fully saturated rings. The van der Waals surface area contributed by atoms with Gasteiger partial charge in [-0.2, -0.15) is 0 Å². The number of morpholine rings is 1. The maximum Gasteiger partial charge on any atom is 0.249 e. The Labute approximate surface area is 117 Å². The molecule has 0 aliphatic carbocycles. The van der Waals surface area contributed by atoms with Crippen LogP contribution in [0.25, 0.3) is 0 Å². The van der Waals surface area contributed by atoms with Crippen molar-refractivity contribution in [1.82, 2.24) is 10.4 Å². The van der Waals surface area contributed by atoms with Gasteiger partial charge in [0.2, 0.25) is 5.91 Å². The van der Waals surface area contributed by atoms with Crippen LogP contribution in [0.2, 0.25) is 0 Å². The number of benzene rings is 1. The Bertz CT molecular complexity index is 472. The second-order valence-electron chi connectivity index (χ2n) is 4.44. The maximum absolute atomic E-state index is 12.3. The second-order valence-corrected chi connectivity index (χ2v) is 4.44. The number of amidine groups is 1. The van der Waals surface area contributed by atoms with Crippen molar-refractivity contribution in [3.05, 3.63) is 35.9 Å². The molecule has 0 radical (unpaired) electrons. The van der Waals surface area contributed by atoms with Gasteiger partial charge >= 0.3 is 0 Å². The van der Waals surface area contributed by atoms with Crippen LogP contribution in [-0.4, -0.2) is 48.3 Å². The van der Waals surface area contributed by atoms with Crippen molar-refractivity contribution in [2.24, 2.45) is 10.9 Å². The Morgan fingerprint density at radius 2 is 2.00 bits per heavy atom. The minimum absolute atomic E-state index is 0.137. The summed E-state index contributed by atoms with van der Waals surface area (Å²) in [5.74, 6) is -1.28. The number of rotatable bonds is 4. The molecular weight excluding hydrogens is 260 g/mol. The first-order valence-electron chi connectivity index (χ1n) is 6.38. The quantitative estimate of drug-likeness (QED) is 0.308. The number of hydrogen-bond acceptors (Lipinski definition) is 5. The average Bonchev–Trinajstić information content (AvgIpc) is 2.49. The zero-order valence-corrected chi connectivity index (χ0v) is 11.0. The van der Waals surface area contributed by atoms with Crippen molar-refractivity contribution in [3.8, 4) is 0 Å². The molecule has 20 heavy (non-hydrogen) atoms. The normalized spacial score (nSPS) is 18.5. The lowest BCUT2D eigenvalue weighted by atomic mass is 9.97. The summed E-state index contributed by atoms with van der Waals surface area (Å²) in [6.45, 7) is 2.37. The van der Waals surface area contributed by atoms with E-state index in [1.165, 1.54) is 0 Å². The largest absolute Gasteiger partial charge is 0.409 e. The molecule has 1 heterocycles. The Morgan fingerprint density at radius 1 is 1.35 bits per heavy atom. The Hall–Kier alpha value is -2.12. The van der Waals surface area contributed by atoms with Crippen LogP contribution in [0.1, 0.15) is 11.5 Å². The summed E-state index contributed by atoms with van der Waals surface area (Å²) < 4.78 is 5.21. The van der Waals surface area contributed by atoms with Gasteiger partial charge in [-0.05, 0) is 5.56 Å². The predicted octanol–water partition coefficient (Wildman–Crippen LogP) is -0.120. The highest BCUT2D eigenvalue weighted by Gasteiger charge is 2.27. The van der Waals surface area contributed by atoms with Gasteiger partial charge in [-0.25, -0.2) is 5.01 Å². The fourth-order valence-electron chi connectivity index (χ4n) is 2.06. The first kappa shape index (κ1) is 14.3. The number of amides is 1. The molecule has 108 valence electrons. The first-order valence-corrected chi connectivity index (χ1v) is 6.38. The van der Waals surface area contributed by atoms with Crippen LogP contribution in [0.15, 0.2) is 35.5 Å². The molecule has 1 aliphatic rings. The molecule has 2 rings (SSSR count). The molecule has 0 aromatic heterocycles. The van der Waals surface area contributed by atoms with E-state index in [0.717, 1.165) is 0 Å². The third kappa shape index (κ3) is 3.46. The minimum atomic E-state index is -0.816. The van der Waals surface area contributed by atoms with E-state index in [2.05, 4.69) is 10.6 Å². The summed E-state index contributed by atoms with van der Waals surface area (Å²) in [6, 6.07) is 8.97. The van der Waals surface area contributed by atoms with Crippen LogP contribution in [0.5, 0.6) is 0 Å². The highest BCUT2D eigenvalue weighted by atomic mass is 16.5. The number of ether oxygens (including phenoxy) is 1. The number of carbonyl (C=O) groups excluding carboxylic acids is 1. The smallest absolute Gasteiger partial charge is 0.249 e. The van der Waals surface area contributed by atoms with Gasteiger partial charge < -0.3 is 15.7 Å². The van der Waals surface area contributed by atoms with E-state index in [-0.39, 0.29) is 11.7 Å². The van der Waals surface area contributed by atoms with E-state index in [9.17, 15) is 4.79 Å². The van der Waals surface area contributed by atoms with E-state index in [4.69, 9.17) is 15.7 Å². The molecule has 1 unspecified atom stereocenters. The van der Waals surface area contributed by atoms with Gasteiger partial charge in [0.05, 0.1) is 13.2 Å². The number of nitrogens with one attached hydrogen (secondary N) is 1. The van der Waals surface area contributed by atoms with Gasteiger partial charge in [-0.1, -0.05) is 35.5 Å². The SMILES string of the molecule is N/C(=N/O)C(C(=O)NN1CCOCC1)c1ccccc1. The van der Waals surface area contributed by atoms with Gasteiger partial charge in [0.1, 0.15) is 5.92 Å². The molecule has 1 saturated heterocycles. The lowest BCUT2D eigenvalue weighted by Crippen LogP contribution is -2.51. The van der Waals surface area contributed by atoms with Crippen LogP contribution in [0, 0.1) is 0 Å². The summed E-state index contributed by atoms with van der Waals surface area (Å²) >= 11 is 0. The molecule has 1 aromatic rings. The first-order chi connectivity index (χ1) is 9.72. The van der Waals surface area contributed by atoms with E-state index in [1.807, 2.05) is 6.07 Å². The second kappa shape index (κ2) is 6.88. The Balaban J connectivity index is 2.12. The van der Waals surface area contributed by atoms with Gasteiger partial charge in [-0.15, -0.1) is 0 Å². The monoisotopic (exact) mass is 278 g/mol. The van der Waals surface area contributed by atoms with E-state index in [1.54, 1.807) is 29.3 Å². The number of hydrogen-bond donors (Lipinski definition) is 3. The molecule has 1 aliphatic heterocycles. The summed E-state index contributed by atoms with van der Waals surface area (Å²) in [7, 11) is 0. The zero-order valence-electron chi connectivity index (χ0n) is 11.0. The molecule has 0 saturated carbocycles. The molecule has 1 amide bonds. The standard InChI is InChI=1S/C13H18N4O3/c14-12(16-19)11(10-4-2-1-3-5-10)13(18)15-17-6-8-20-9-7-17/h1-5,11,19H,6-9H2,(H2,14,16)(H,15,18). The molecular formula is C13H18N4O3. The van der Waals surface area contributed by atoms with Crippen molar-refractivity contribution < 1.29 is 14.7 Å². The molecule has 1 aromatic carbocycles. The lowest BCUT2D eigenvalue weighted by molar-refractivity contribution is -0.128. The van der Waals surface area contributed by atoms with Crippen LogP contribution < -0.4 is 11.2 Å². The van der Waals surface area contributed by atoms with E-state index in [0.29, 0.717) is 31.9 Å². The third-order valence-corrected chi connectivity index (χ3v) is 3.09. The zero-order chi connectivity index (χ0) is 14.4. The molecule has 7 heteroatoms. The number of nitrogens with zero attached hydrogens (tertiary/aromatic N) is 2. The van der Waals surface area contributed by atoms with Gasteiger partial charge in [0, 0.05) is 13.1 Å².